The third kappa shape index (κ3) is 3.04. The molecule has 4 nitrogen and oxygen atoms in total. The second-order valence-electron chi connectivity index (χ2n) is 6.28. The number of sulfonamides is 1. The van der Waals surface area contributed by atoms with E-state index in [4.69, 9.17) is 0 Å². The van der Waals surface area contributed by atoms with E-state index in [-0.39, 0.29) is 11.4 Å². The van der Waals surface area contributed by atoms with Gasteiger partial charge in [-0.2, -0.15) is 4.31 Å². The molecular weight excluding hydrogens is 377 g/mol. The Kier molecular flexibility index (Phi) is 4.32. The molecule has 1 atom stereocenters. The molecule has 1 aliphatic rings. The molecular formula is C19H15F3N2O2S. The highest BCUT2D eigenvalue weighted by Crippen LogP contribution is 2.37. The summed E-state index contributed by atoms with van der Waals surface area (Å²) in [4.78, 5) is -0.185. The molecule has 4 rings (SSSR count). The first kappa shape index (κ1) is 17.8. The van der Waals surface area contributed by atoms with Crippen molar-refractivity contribution in [3.05, 3.63) is 89.5 Å². The lowest BCUT2D eigenvalue weighted by atomic mass is 10.0. The van der Waals surface area contributed by atoms with Crippen LogP contribution in [0.2, 0.25) is 0 Å². The SMILES string of the molecule is O=S(=O)(c1cccc(F)c1)N1CCn2cccc2[C@@H]1c1ccc(F)c(F)c1. The van der Waals surface area contributed by atoms with Gasteiger partial charge in [0.25, 0.3) is 0 Å². The van der Waals surface area contributed by atoms with Gasteiger partial charge in [0.05, 0.1) is 10.9 Å². The van der Waals surface area contributed by atoms with Crippen LogP contribution in [0, 0.1) is 17.5 Å². The van der Waals surface area contributed by atoms with Crippen LogP contribution in [0.4, 0.5) is 13.2 Å². The number of hydrogen-bond donors (Lipinski definition) is 0. The lowest BCUT2D eigenvalue weighted by Gasteiger charge is -2.36. The Morgan fingerprint density at radius 2 is 1.70 bits per heavy atom. The third-order valence-corrected chi connectivity index (χ3v) is 6.52. The van der Waals surface area contributed by atoms with Crippen LogP contribution < -0.4 is 0 Å². The smallest absolute Gasteiger partial charge is 0.244 e. The van der Waals surface area contributed by atoms with Crippen molar-refractivity contribution in [2.75, 3.05) is 6.54 Å². The van der Waals surface area contributed by atoms with Gasteiger partial charge in [-0.05, 0) is 48.0 Å². The second kappa shape index (κ2) is 6.54. The number of rotatable bonds is 3. The van der Waals surface area contributed by atoms with Gasteiger partial charge in [-0.25, -0.2) is 21.6 Å². The minimum Gasteiger partial charge on any atom is -0.348 e. The molecule has 0 spiro atoms. The molecule has 0 radical (unpaired) electrons. The first-order valence-electron chi connectivity index (χ1n) is 8.25. The molecule has 0 fully saturated rings. The maximum Gasteiger partial charge on any atom is 0.244 e. The quantitative estimate of drug-likeness (QED) is 0.682. The zero-order valence-electron chi connectivity index (χ0n) is 14.0. The number of nitrogens with zero attached hydrogens (tertiary/aromatic N) is 2. The van der Waals surface area contributed by atoms with Crippen molar-refractivity contribution in [3.63, 3.8) is 0 Å². The summed E-state index contributed by atoms with van der Waals surface area (Å²) in [5, 5.41) is 0. The van der Waals surface area contributed by atoms with Crippen molar-refractivity contribution in [3.8, 4) is 0 Å². The second-order valence-corrected chi connectivity index (χ2v) is 8.17. The highest BCUT2D eigenvalue weighted by Gasteiger charge is 2.38. The summed E-state index contributed by atoms with van der Waals surface area (Å²) in [5.74, 6) is -2.73. The maximum absolute atomic E-state index is 13.8. The van der Waals surface area contributed by atoms with Crippen LogP contribution in [0.15, 0.2) is 65.7 Å². The Bertz CT molecular complexity index is 1110. The summed E-state index contributed by atoms with van der Waals surface area (Å²) in [6, 6.07) is 10.7. The molecule has 8 heteroatoms. The molecule has 1 aromatic heterocycles. The maximum atomic E-state index is 13.8. The normalized spacial score (nSPS) is 17.7. The molecule has 0 bridgehead atoms. The van der Waals surface area contributed by atoms with Crippen molar-refractivity contribution in [1.29, 1.82) is 0 Å². The Morgan fingerprint density at radius 1 is 0.889 bits per heavy atom. The number of aromatic nitrogens is 1. The lowest BCUT2D eigenvalue weighted by Crippen LogP contribution is -2.42. The molecule has 3 aromatic rings. The molecule has 1 aliphatic heterocycles. The number of halogens is 3. The van der Waals surface area contributed by atoms with Gasteiger partial charge in [-0.1, -0.05) is 12.1 Å². The molecule has 0 amide bonds. The van der Waals surface area contributed by atoms with Crippen LogP contribution in [-0.4, -0.2) is 23.8 Å². The summed E-state index contributed by atoms with van der Waals surface area (Å²) in [5.41, 5.74) is 0.931. The van der Waals surface area contributed by atoms with Crippen LogP contribution in [-0.2, 0) is 16.6 Å². The van der Waals surface area contributed by atoms with Gasteiger partial charge in [-0.15, -0.1) is 0 Å². The highest BCUT2D eigenvalue weighted by molar-refractivity contribution is 7.89. The average molecular weight is 392 g/mol. The fourth-order valence-electron chi connectivity index (χ4n) is 3.40. The number of hydrogen-bond acceptors (Lipinski definition) is 2. The molecule has 0 unspecified atom stereocenters. The standard InChI is InChI=1S/C19H15F3N2O2S/c20-14-3-1-4-15(12-14)27(25,26)24-10-9-23-8-2-5-18(23)19(24)13-6-7-16(21)17(22)11-13/h1-8,11-12,19H,9-10H2/t19-/m0/s1. The van der Waals surface area contributed by atoms with E-state index < -0.39 is 33.5 Å². The predicted octanol–water partition coefficient (Wildman–Crippen LogP) is 3.70. The minimum absolute atomic E-state index is 0.115. The molecule has 27 heavy (non-hydrogen) atoms. The molecule has 2 heterocycles. The Balaban J connectivity index is 1.87. The van der Waals surface area contributed by atoms with E-state index in [0.29, 0.717) is 17.8 Å². The summed E-state index contributed by atoms with van der Waals surface area (Å²) in [7, 11) is -4.06. The Labute approximate surface area is 154 Å². The van der Waals surface area contributed by atoms with Gasteiger partial charge < -0.3 is 4.57 Å². The van der Waals surface area contributed by atoms with E-state index in [1.165, 1.54) is 22.5 Å². The Hall–Kier alpha value is -2.58. The van der Waals surface area contributed by atoms with E-state index in [2.05, 4.69) is 0 Å². The molecule has 0 saturated heterocycles. The zero-order chi connectivity index (χ0) is 19.2. The average Bonchev–Trinajstić information content (AvgIpc) is 3.12. The van der Waals surface area contributed by atoms with E-state index in [0.717, 1.165) is 24.3 Å². The van der Waals surface area contributed by atoms with Crippen LogP contribution in [0.5, 0.6) is 0 Å². The molecule has 2 aromatic carbocycles. The van der Waals surface area contributed by atoms with E-state index >= 15 is 0 Å². The van der Waals surface area contributed by atoms with Crippen molar-refractivity contribution in [2.24, 2.45) is 0 Å². The predicted molar refractivity (Wildman–Crippen MR) is 92.9 cm³/mol. The number of fused-ring (bicyclic) bond motifs is 1. The molecule has 0 aliphatic carbocycles. The Morgan fingerprint density at radius 3 is 2.44 bits per heavy atom. The van der Waals surface area contributed by atoms with Gasteiger partial charge in [0.15, 0.2) is 11.6 Å². The summed E-state index contributed by atoms with van der Waals surface area (Å²) >= 11 is 0. The summed E-state index contributed by atoms with van der Waals surface area (Å²) in [6.07, 6.45) is 1.80. The summed E-state index contributed by atoms with van der Waals surface area (Å²) < 4.78 is 70.3. The topological polar surface area (TPSA) is 42.3 Å². The van der Waals surface area contributed by atoms with Crippen molar-refractivity contribution >= 4 is 10.0 Å². The number of benzene rings is 2. The third-order valence-electron chi connectivity index (χ3n) is 4.66. The van der Waals surface area contributed by atoms with Gasteiger partial charge in [0.1, 0.15) is 5.82 Å². The molecule has 0 saturated carbocycles. The van der Waals surface area contributed by atoms with Gasteiger partial charge in [0.2, 0.25) is 10.0 Å². The highest BCUT2D eigenvalue weighted by atomic mass is 32.2. The first-order chi connectivity index (χ1) is 12.9. The summed E-state index contributed by atoms with van der Waals surface area (Å²) in [6.45, 7) is 0.515. The monoisotopic (exact) mass is 392 g/mol. The van der Waals surface area contributed by atoms with Crippen LogP contribution >= 0.6 is 0 Å². The van der Waals surface area contributed by atoms with Crippen LogP contribution in [0.3, 0.4) is 0 Å². The largest absolute Gasteiger partial charge is 0.348 e. The van der Waals surface area contributed by atoms with Gasteiger partial charge >= 0.3 is 0 Å². The van der Waals surface area contributed by atoms with Crippen LogP contribution in [0.1, 0.15) is 17.3 Å². The fourth-order valence-corrected chi connectivity index (χ4v) is 5.02. The minimum atomic E-state index is -4.06. The van der Waals surface area contributed by atoms with Crippen LogP contribution in [0.25, 0.3) is 0 Å². The lowest BCUT2D eigenvalue weighted by molar-refractivity contribution is 0.297. The van der Waals surface area contributed by atoms with Crippen molar-refractivity contribution in [2.45, 2.75) is 17.5 Å². The van der Waals surface area contributed by atoms with E-state index in [9.17, 15) is 21.6 Å². The van der Waals surface area contributed by atoms with Gasteiger partial charge in [-0.3, -0.25) is 0 Å². The van der Waals surface area contributed by atoms with Crippen molar-refractivity contribution < 1.29 is 21.6 Å². The molecule has 0 N–H and O–H groups in total. The van der Waals surface area contributed by atoms with E-state index in [1.54, 1.807) is 18.3 Å². The fraction of sp³-hybridized carbons (Fsp3) is 0.158. The zero-order valence-corrected chi connectivity index (χ0v) is 14.8. The van der Waals surface area contributed by atoms with E-state index in [1.807, 2.05) is 4.57 Å². The molecule has 140 valence electrons. The van der Waals surface area contributed by atoms with Crippen molar-refractivity contribution in [1.82, 2.24) is 8.87 Å². The first-order valence-corrected chi connectivity index (χ1v) is 9.69. The van der Waals surface area contributed by atoms with Gasteiger partial charge in [0, 0.05) is 25.0 Å².